The first kappa shape index (κ1) is 13.3. The van der Waals surface area contributed by atoms with Gasteiger partial charge in [-0.3, -0.25) is 0 Å². The van der Waals surface area contributed by atoms with E-state index in [0.29, 0.717) is 12.1 Å². The molecule has 98 valence electrons. The van der Waals surface area contributed by atoms with Gasteiger partial charge in [0.15, 0.2) is 9.84 Å². The van der Waals surface area contributed by atoms with Crippen LogP contribution in [0, 0.1) is 18.3 Å². The van der Waals surface area contributed by atoms with Gasteiger partial charge < -0.3 is 4.57 Å². The van der Waals surface area contributed by atoms with E-state index in [1.165, 1.54) is 24.3 Å². The van der Waals surface area contributed by atoms with Crippen molar-refractivity contribution in [2.75, 3.05) is 5.75 Å². The fraction of sp³-hybridized carbons (Fsp3) is 0.231. The van der Waals surface area contributed by atoms with Crippen LogP contribution < -0.4 is 0 Å². The topological polar surface area (TPSA) is 75.8 Å². The van der Waals surface area contributed by atoms with Crippen molar-refractivity contribution in [1.82, 2.24) is 9.55 Å². The van der Waals surface area contributed by atoms with Crippen molar-refractivity contribution >= 4 is 9.84 Å². The molecule has 0 unspecified atom stereocenters. The quantitative estimate of drug-likeness (QED) is 0.848. The van der Waals surface area contributed by atoms with Gasteiger partial charge in [-0.15, -0.1) is 0 Å². The normalized spacial score (nSPS) is 11.2. The molecule has 19 heavy (non-hydrogen) atoms. The molecule has 6 heteroatoms. The summed E-state index contributed by atoms with van der Waals surface area (Å²) in [6, 6.07) is 7.91. The lowest BCUT2D eigenvalue weighted by Gasteiger charge is -2.05. The van der Waals surface area contributed by atoms with E-state index < -0.39 is 9.84 Å². The third-order valence-electron chi connectivity index (χ3n) is 2.72. The van der Waals surface area contributed by atoms with Crippen molar-refractivity contribution in [3.8, 4) is 6.07 Å². The van der Waals surface area contributed by atoms with Crippen molar-refractivity contribution in [3.05, 3.63) is 48.0 Å². The van der Waals surface area contributed by atoms with Gasteiger partial charge in [-0.1, -0.05) is 0 Å². The third kappa shape index (κ3) is 3.20. The van der Waals surface area contributed by atoms with Crippen LogP contribution in [0.3, 0.4) is 0 Å². The molecule has 1 heterocycles. The maximum atomic E-state index is 12.1. The van der Waals surface area contributed by atoms with Gasteiger partial charge in [0.05, 0.1) is 34.3 Å². The van der Waals surface area contributed by atoms with E-state index in [-0.39, 0.29) is 10.6 Å². The van der Waals surface area contributed by atoms with Gasteiger partial charge in [0.2, 0.25) is 0 Å². The first-order chi connectivity index (χ1) is 9.01. The van der Waals surface area contributed by atoms with Gasteiger partial charge in [0.25, 0.3) is 0 Å². The minimum absolute atomic E-state index is 0.00863. The monoisotopic (exact) mass is 275 g/mol. The highest BCUT2D eigenvalue weighted by atomic mass is 32.2. The Hall–Kier alpha value is -2.13. The number of rotatable bonds is 4. The van der Waals surface area contributed by atoms with Crippen LogP contribution >= 0.6 is 0 Å². The fourth-order valence-corrected chi connectivity index (χ4v) is 2.91. The van der Waals surface area contributed by atoms with E-state index in [9.17, 15) is 8.42 Å². The van der Waals surface area contributed by atoms with Crippen LogP contribution in [0.25, 0.3) is 0 Å². The summed E-state index contributed by atoms with van der Waals surface area (Å²) in [5.74, 6) is 0.00863. The van der Waals surface area contributed by atoms with Gasteiger partial charge in [-0.25, -0.2) is 13.4 Å². The summed E-state index contributed by atoms with van der Waals surface area (Å²) < 4.78 is 25.9. The minimum atomic E-state index is -3.33. The summed E-state index contributed by atoms with van der Waals surface area (Å²) in [6.45, 7) is 2.22. The molecule has 0 bridgehead atoms. The predicted molar refractivity (Wildman–Crippen MR) is 70.2 cm³/mol. The lowest BCUT2D eigenvalue weighted by Crippen LogP contribution is -2.12. The summed E-state index contributed by atoms with van der Waals surface area (Å²) in [4.78, 5) is 4.28. The highest BCUT2D eigenvalue weighted by molar-refractivity contribution is 7.91. The number of benzene rings is 1. The molecule has 0 saturated heterocycles. The molecule has 0 saturated carbocycles. The van der Waals surface area contributed by atoms with Crippen LogP contribution in [0.15, 0.2) is 41.7 Å². The number of aryl methyl sites for hydroxylation is 2. The van der Waals surface area contributed by atoms with Crippen LogP contribution in [0.4, 0.5) is 0 Å². The van der Waals surface area contributed by atoms with E-state index in [2.05, 4.69) is 4.98 Å². The molecule has 2 aromatic rings. The molecule has 0 atom stereocenters. The van der Waals surface area contributed by atoms with Crippen LogP contribution in [0.1, 0.15) is 11.3 Å². The Balaban J connectivity index is 2.11. The molecule has 5 nitrogen and oxygen atoms in total. The molecule has 0 amide bonds. The average Bonchev–Trinajstić information content (AvgIpc) is 2.82. The highest BCUT2D eigenvalue weighted by Gasteiger charge is 2.14. The smallest absolute Gasteiger partial charge is 0.180 e. The molecule has 1 aromatic carbocycles. The number of hydrogen-bond donors (Lipinski definition) is 0. The van der Waals surface area contributed by atoms with Crippen molar-refractivity contribution in [2.24, 2.45) is 0 Å². The Morgan fingerprint density at radius 3 is 2.53 bits per heavy atom. The summed E-state index contributed by atoms with van der Waals surface area (Å²) in [7, 11) is -3.33. The molecule has 0 spiro atoms. The van der Waals surface area contributed by atoms with Crippen molar-refractivity contribution < 1.29 is 8.42 Å². The first-order valence-electron chi connectivity index (χ1n) is 5.72. The van der Waals surface area contributed by atoms with Gasteiger partial charge in [0.1, 0.15) is 0 Å². The molecule has 0 radical (unpaired) electrons. The summed E-state index contributed by atoms with van der Waals surface area (Å²) in [6.07, 6.45) is 3.41. The second kappa shape index (κ2) is 5.24. The van der Waals surface area contributed by atoms with E-state index in [0.717, 1.165) is 5.69 Å². The minimum Gasteiger partial charge on any atom is -0.336 e. The van der Waals surface area contributed by atoms with Crippen LogP contribution in [-0.2, 0) is 16.4 Å². The largest absolute Gasteiger partial charge is 0.336 e. The lowest BCUT2D eigenvalue weighted by atomic mass is 10.2. The molecule has 0 aliphatic rings. The van der Waals surface area contributed by atoms with E-state index >= 15 is 0 Å². The molecule has 0 fully saturated rings. The Morgan fingerprint density at radius 2 is 2.00 bits per heavy atom. The van der Waals surface area contributed by atoms with E-state index in [4.69, 9.17) is 5.26 Å². The fourth-order valence-electron chi connectivity index (χ4n) is 1.67. The maximum Gasteiger partial charge on any atom is 0.180 e. The number of hydrogen-bond acceptors (Lipinski definition) is 4. The third-order valence-corrected chi connectivity index (χ3v) is 4.43. The van der Waals surface area contributed by atoms with Gasteiger partial charge >= 0.3 is 0 Å². The average molecular weight is 275 g/mol. The van der Waals surface area contributed by atoms with Crippen LogP contribution in [0.2, 0.25) is 0 Å². The van der Waals surface area contributed by atoms with Crippen molar-refractivity contribution in [1.29, 1.82) is 5.26 Å². The zero-order valence-electron chi connectivity index (χ0n) is 10.4. The second-order valence-electron chi connectivity index (χ2n) is 4.21. The van der Waals surface area contributed by atoms with E-state index in [1.54, 1.807) is 17.1 Å². The number of aromatic nitrogens is 2. The van der Waals surface area contributed by atoms with Crippen LogP contribution in [0.5, 0.6) is 0 Å². The Bertz CT molecular complexity index is 709. The van der Waals surface area contributed by atoms with Crippen molar-refractivity contribution in [3.63, 3.8) is 0 Å². The molecule has 1 aromatic heterocycles. The number of nitrogens with zero attached hydrogens (tertiary/aromatic N) is 3. The second-order valence-corrected chi connectivity index (χ2v) is 6.32. The predicted octanol–water partition coefficient (Wildman–Crippen LogP) is 1.54. The van der Waals surface area contributed by atoms with Gasteiger partial charge in [0, 0.05) is 12.7 Å². The van der Waals surface area contributed by atoms with Crippen LogP contribution in [-0.4, -0.2) is 23.7 Å². The lowest BCUT2D eigenvalue weighted by molar-refractivity contribution is 0.588. The zero-order chi connectivity index (χ0) is 13.9. The standard InChI is InChI=1S/C13H13N3O2S/c1-11-9-16(10-15-11)6-7-19(17,18)13-4-2-12(8-14)3-5-13/h2-5,9-10H,6-7H2,1H3. The van der Waals surface area contributed by atoms with Gasteiger partial charge in [-0.2, -0.15) is 5.26 Å². The number of sulfone groups is 1. The Labute approximate surface area is 112 Å². The number of nitriles is 1. The number of imidazole rings is 1. The molecule has 2 rings (SSSR count). The zero-order valence-corrected chi connectivity index (χ0v) is 11.3. The highest BCUT2D eigenvalue weighted by Crippen LogP contribution is 2.12. The SMILES string of the molecule is Cc1cn(CCS(=O)(=O)c2ccc(C#N)cc2)cn1. The Kier molecular flexibility index (Phi) is 3.67. The molecular weight excluding hydrogens is 262 g/mol. The Morgan fingerprint density at radius 1 is 1.32 bits per heavy atom. The van der Waals surface area contributed by atoms with Crippen molar-refractivity contribution in [2.45, 2.75) is 18.4 Å². The molecular formula is C13H13N3O2S. The summed E-state index contributed by atoms with van der Waals surface area (Å²) >= 11 is 0. The molecule has 0 N–H and O–H groups in total. The molecule has 0 aliphatic heterocycles. The first-order valence-corrected chi connectivity index (χ1v) is 7.38. The molecule has 0 aliphatic carbocycles. The van der Waals surface area contributed by atoms with E-state index in [1.807, 2.05) is 13.0 Å². The summed E-state index contributed by atoms with van der Waals surface area (Å²) in [5.41, 5.74) is 1.31. The maximum absolute atomic E-state index is 12.1. The van der Waals surface area contributed by atoms with Gasteiger partial charge in [-0.05, 0) is 31.2 Å². The summed E-state index contributed by atoms with van der Waals surface area (Å²) in [5, 5.41) is 8.68.